The summed E-state index contributed by atoms with van der Waals surface area (Å²) < 4.78 is 37.7. The highest BCUT2D eigenvalue weighted by molar-refractivity contribution is 5.57. The van der Waals surface area contributed by atoms with Crippen LogP contribution in [-0.2, 0) is 4.74 Å². The summed E-state index contributed by atoms with van der Waals surface area (Å²) in [6, 6.07) is 0. The molecule has 0 aromatic carbocycles. The minimum Gasteiger partial charge on any atom is -0.450 e. The van der Waals surface area contributed by atoms with Crippen molar-refractivity contribution in [3.63, 3.8) is 0 Å². The molecule has 10 heavy (non-hydrogen) atoms. The second-order valence-electron chi connectivity index (χ2n) is 1.57. The van der Waals surface area contributed by atoms with Crippen LogP contribution in [0.3, 0.4) is 0 Å². The van der Waals surface area contributed by atoms with Crippen molar-refractivity contribution in [2.75, 3.05) is 0 Å². The zero-order valence-corrected chi connectivity index (χ0v) is 4.97. The highest BCUT2D eigenvalue weighted by atomic mass is 19.4. The fraction of sp³-hybridized carbons (Fsp3) is 0.750. The van der Waals surface area contributed by atoms with E-state index in [9.17, 15) is 18.0 Å². The SMILES string of the molecule is CC(OC(=O)O)C(F)(F)F. The van der Waals surface area contributed by atoms with Gasteiger partial charge in [0.1, 0.15) is 0 Å². The Kier molecular flexibility index (Phi) is 2.50. The average Bonchev–Trinajstić information content (AvgIpc) is 1.60. The third-order valence-corrected chi connectivity index (χ3v) is 0.739. The van der Waals surface area contributed by atoms with E-state index in [0.29, 0.717) is 6.92 Å². The van der Waals surface area contributed by atoms with Crippen LogP contribution in [0.1, 0.15) is 6.92 Å². The summed E-state index contributed by atoms with van der Waals surface area (Å²) in [5.41, 5.74) is 0. The Morgan fingerprint density at radius 3 is 2.10 bits per heavy atom. The van der Waals surface area contributed by atoms with Crippen LogP contribution in [-0.4, -0.2) is 23.5 Å². The van der Waals surface area contributed by atoms with E-state index < -0.39 is 18.4 Å². The molecule has 1 N–H and O–H groups in total. The van der Waals surface area contributed by atoms with E-state index in [0.717, 1.165) is 0 Å². The lowest BCUT2D eigenvalue weighted by atomic mass is 10.4. The monoisotopic (exact) mass is 158 g/mol. The van der Waals surface area contributed by atoms with Crippen molar-refractivity contribution in [2.24, 2.45) is 0 Å². The first-order chi connectivity index (χ1) is 4.34. The molecule has 1 atom stereocenters. The maximum atomic E-state index is 11.4. The highest BCUT2D eigenvalue weighted by Crippen LogP contribution is 2.21. The average molecular weight is 158 g/mol. The number of rotatable bonds is 1. The Labute approximate surface area is 54.4 Å². The van der Waals surface area contributed by atoms with Gasteiger partial charge in [-0.3, -0.25) is 0 Å². The third kappa shape index (κ3) is 3.16. The predicted molar refractivity (Wildman–Crippen MR) is 24.6 cm³/mol. The van der Waals surface area contributed by atoms with Crippen LogP contribution >= 0.6 is 0 Å². The maximum Gasteiger partial charge on any atom is 0.506 e. The van der Waals surface area contributed by atoms with E-state index in [1.54, 1.807) is 0 Å². The molecule has 1 unspecified atom stereocenters. The van der Waals surface area contributed by atoms with Crippen molar-refractivity contribution in [1.82, 2.24) is 0 Å². The molecule has 0 fully saturated rings. The summed E-state index contributed by atoms with van der Waals surface area (Å²) in [4.78, 5) is 9.53. The molecular formula is C4H5F3O3. The molecule has 3 nitrogen and oxygen atoms in total. The normalized spacial score (nSPS) is 14.4. The lowest BCUT2D eigenvalue weighted by Crippen LogP contribution is -2.30. The quantitative estimate of drug-likeness (QED) is 0.590. The Morgan fingerprint density at radius 2 is 2.00 bits per heavy atom. The van der Waals surface area contributed by atoms with Crippen LogP contribution in [0.25, 0.3) is 0 Å². The number of hydrogen-bond donors (Lipinski definition) is 1. The molecule has 0 radical (unpaired) electrons. The van der Waals surface area contributed by atoms with Gasteiger partial charge in [0.05, 0.1) is 0 Å². The highest BCUT2D eigenvalue weighted by Gasteiger charge is 2.39. The fourth-order valence-corrected chi connectivity index (χ4v) is 0.218. The second-order valence-corrected chi connectivity index (χ2v) is 1.57. The van der Waals surface area contributed by atoms with Crippen LogP contribution in [0.2, 0.25) is 0 Å². The molecule has 6 heteroatoms. The van der Waals surface area contributed by atoms with Crippen LogP contribution < -0.4 is 0 Å². The molecule has 0 aromatic heterocycles. The first-order valence-electron chi connectivity index (χ1n) is 2.30. The first kappa shape index (κ1) is 9.06. The molecule has 0 aliphatic rings. The largest absolute Gasteiger partial charge is 0.506 e. The van der Waals surface area contributed by atoms with E-state index in [4.69, 9.17) is 5.11 Å². The predicted octanol–water partition coefficient (Wildman–Crippen LogP) is 1.63. The van der Waals surface area contributed by atoms with E-state index in [2.05, 4.69) is 4.74 Å². The molecule has 0 aromatic rings. The fourth-order valence-electron chi connectivity index (χ4n) is 0.218. The molecule has 0 saturated heterocycles. The summed E-state index contributed by atoms with van der Waals surface area (Å²) in [5, 5.41) is 7.72. The summed E-state index contributed by atoms with van der Waals surface area (Å²) in [6.45, 7) is 0.619. The van der Waals surface area contributed by atoms with E-state index in [-0.39, 0.29) is 0 Å². The van der Waals surface area contributed by atoms with Crippen LogP contribution in [0, 0.1) is 0 Å². The maximum absolute atomic E-state index is 11.4. The summed E-state index contributed by atoms with van der Waals surface area (Å²) in [6.07, 6.45) is -8.80. The van der Waals surface area contributed by atoms with Crippen molar-refractivity contribution in [3.8, 4) is 0 Å². The van der Waals surface area contributed by atoms with Crippen LogP contribution in [0.5, 0.6) is 0 Å². The minimum atomic E-state index is -4.61. The second kappa shape index (κ2) is 2.76. The van der Waals surface area contributed by atoms with E-state index in [1.165, 1.54) is 0 Å². The molecule has 0 amide bonds. The lowest BCUT2D eigenvalue weighted by Gasteiger charge is -2.13. The number of halogens is 3. The van der Waals surface area contributed by atoms with Gasteiger partial charge in [0, 0.05) is 0 Å². The van der Waals surface area contributed by atoms with Gasteiger partial charge in [-0.2, -0.15) is 13.2 Å². The van der Waals surface area contributed by atoms with Crippen LogP contribution in [0.15, 0.2) is 0 Å². The van der Waals surface area contributed by atoms with Gasteiger partial charge in [-0.1, -0.05) is 0 Å². The van der Waals surface area contributed by atoms with Gasteiger partial charge >= 0.3 is 12.3 Å². The topological polar surface area (TPSA) is 46.5 Å². The first-order valence-corrected chi connectivity index (χ1v) is 2.30. The van der Waals surface area contributed by atoms with Crippen molar-refractivity contribution in [1.29, 1.82) is 0 Å². The van der Waals surface area contributed by atoms with Gasteiger partial charge in [0.2, 0.25) is 0 Å². The molecule has 0 bridgehead atoms. The Morgan fingerprint density at radius 1 is 1.60 bits per heavy atom. The molecule has 60 valence electrons. The summed E-state index contributed by atoms with van der Waals surface area (Å²) >= 11 is 0. The summed E-state index contributed by atoms with van der Waals surface area (Å²) in [7, 11) is 0. The van der Waals surface area contributed by atoms with Gasteiger partial charge in [0.25, 0.3) is 0 Å². The van der Waals surface area contributed by atoms with Gasteiger partial charge in [-0.05, 0) is 6.92 Å². The van der Waals surface area contributed by atoms with Crippen molar-refractivity contribution in [3.05, 3.63) is 0 Å². The molecular weight excluding hydrogens is 153 g/mol. The van der Waals surface area contributed by atoms with E-state index >= 15 is 0 Å². The molecule has 0 rings (SSSR count). The van der Waals surface area contributed by atoms with Gasteiger partial charge < -0.3 is 9.84 Å². The standard InChI is InChI=1S/C4H5F3O3/c1-2(4(5,6)7)10-3(8)9/h2H,1H3,(H,8,9). The van der Waals surface area contributed by atoms with Gasteiger partial charge in [-0.15, -0.1) is 0 Å². The molecule has 0 spiro atoms. The van der Waals surface area contributed by atoms with E-state index in [1.807, 2.05) is 0 Å². The Bertz CT molecular complexity index is 130. The zero-order chi connectivity index (χ0) is 8.36. The van der Waals surface area contributed by atoms with Crippen molar-refractivity contribution in [2.45, 2.75) is 19.2 Å². The number of carbonyl (C=O) groups is 1. The molecule has 0 aliphatic heterocycles. The van der Waals surface area contributed by atoms with Crippen LogP contribution in [0.4, 0.5) is 18.0 Å². The number of hydrogen-bond acceptors (Lipinski definition) is 2. The smallest absolute Gasteiger partial charge is 0.450 e. The molecule has 0 aliphatic carbocycles. The number of alkyl halides is 3. The zero-order valence-electron chi connectivity index (χ0n) is 4.97. The Balaban J connectivity index is 3.85. The number of ether oxygens (including phenoxy) is 1. The minimum absolute atomic E-state index is 0.619. The van der Waals surface area contributed by atoms with Gasteiger partial charge in [0.15, 0.2) is 6.10 Å². The van der Waals surface area contributed by atoms with Crippen molar-refractivity contribution < 1.29 is 27.8 Å². The lowest BCUT2D eigenvalue weighted by molar-refractivity contribution is -0.201. The van der Waals surface area contributed by atoms with Gasteiger partial charge in [-0.25, -0.2) is 4.79 Å². The molecule has 0 heterocycles. The van der Waals surface area contributed by atoms with Crippen molar-refractivity contribution >= 4 is 6.16 Å². The third-order valence-electron chi connectivity index (χ3n) is 0.739. The number of carboxylic acid groups (broad SMARTS) is 1. The Hall–Kier alpha value is -0.940. The summed E-state index contributed by atoms with van der Waals surface area (Å²) in [5.74, 6) is 0. The molecule has 0 saturated carbocycles.